The molecule has 8 nitrogen and oxygen atoms in total. The van der Waals surface area contributed by atoms with Crippen LogP contribution in [0.1, 0.15) is 66.4 Å². The van der Waals surface area contributed by atoms with Gasteiger partial charge in [-0.1, -0.05) is 48.9 Å². The van der Waals surface area contributed by atoms with Crippen molar-refractivity contribution < 1.29 is 34.0 Å². The molecule has 2 rings (SSSR count). The van der Waals surface area contributed by atoms with Gasteiger partial charge in [0.1, 0.15) is 5.75 Å². The lowest BCUT2D eigenvalue weighted by Gasteiger charge is -2.21. The number of methoxy groups -OCH3 is 2. The molecule has 0 spiro atoms. The van der Waals surface area contributed by atoms with Gasteiger partial charge in [-0.15, -0.1) is 0 Å². The number of hydrogen-bond acceptors (Lipinski definition) is 6. The van der Waals surface area contributed by atoms with E-state index in [4.69, 9.17) is 19.3 Å². The first-order chi connectivity index (χ1) is 19.9. The van der Waals surface area contributed by atoms with Crippen molar-refractivity contribution in [1.82, 2.24) is 4.90 Å². The van der Waals surface area contributed by atoms with Crippen molar-refractivity contribution in [3.05, 3.63) is 71.3 Å². The zero-order chi connectivity index (χ0) is 29.7. The van der Waals surface area contributed by atoms with Crippen LogP contribution in [0.25, 0.3) is 6.08 Å². The predicted octanol–water partition coefficient (Wildman–Crippen LogP) is 6.05. The highest BCUT2D eigenvalue weighted by molar-refractivity contribution is 5.87. The largest absolute Gasteiger partial charge is 0.493 e. The fourth-order valence-electron chi connectivity index (χ4n) is 4.60. The summed E-state index contributed by atoms with van der Waals surface area (Å²) in [6.07, 6.45) is 10.6. The van der Waals surface area contributed by atoms with E-state index in [9.17, 15) is 14.7 Å². The molecule has 2 N–H and O–H groups in total. The van der Waals surface area contributed by atoms with Gasteiger partial charge in [0.2, 0.25) is 0 Å². The molecule has 0 radical (unpaired) electrons. The maximum Gasteiger partial charge on any atom is 0.335 e. The molecule has 0 aromatic heterocycles. The molecule has 8 heteroatoms. The van der Waals surface area contributed by atoms with Gasteiger partial charge in [0.25, 0.3) is 0 Å². The third-order valence-corrected chi connectivity index (χ3v) is 6.98. The summed E-state index contributed by atoms with van der Waals surface area (Å²) in [6, 6.07) is 15.0. The number of allylic oxidation sites excluding steroid dienone is 1. The van der Waals surface area contributed by atoms with E-state index in [0.717, 1.165) is 88.2 Å². The third-order valence-electron chi connectivity index (χ3n) is 6.98. The summed E-state index contributed by atoms with van der Waals surface area (Å²) in [7, 11) is 3.45. The monoisotopic (exact) mass is 569 g/mol. The number of carbonyl (C=O) groups is 2. The smallest absolute Gasteiger partial charge is 0.335 e. The Morgan fingerprint density at radius 1 is 0.829 bits per heavy atom. The topological polar surface area (TPSA) is 106 Å². The number of hydrogen-bond donors (Lipinski definition) is 2. The molecule has 0 saturated heterocycles. The number of aliphatic carboxylic acids is 1. The molecule has 0 amide bonds. The number of carboxylic acid groups (broad SMARTS) is 2. The molecular formula is C33H47NO7. The SMILES string of the molecule is COCCN(CCCCCOc1ccccc1C=CC(CCCCC(=O)O)Cc1ccc(C(=O)O)cc1)CCOC. The summed E-state index contributed by atoms with van der Waals surface area (Å²) in [5.74, 6) is -0.681. The molecule has 2 aromatic rings. The average Bonchev–Trinajstić information content (AvgIpc) is 2.97. The van der Waals surface area contributed by atoms with Gasteiger partial charge in [-0.25, -0.2) is 4.79 Å². The molecule has 0 aliphatic heterocycles. The van der Waals surface area contributed by atoms with Crippen LogP contribution in [0, 0.1) is 5.92 Å². The van der Waals surface area contributed by atoms with Gasteiger partial charge in [-0.3, -0.25) is 9.69 Å². The Bertz CT molecular complexity index is 1030. The summed E-state index contributed by atoms with van der Waals surface area (Å²) in [5, 5.41) is 18.2. The van der Waals surface area contributed by atoms with E-state index in [-0.39, 0.29) is 17.9 Å². The molecule has 2 aromatic carbocycles. The normalized spacial score (nSPS) is 12.2. The predicted molar refractivity (Wildman–Crippen MR) is 162 cm³/mol. The standard InChI is InChI=1S/C33H47NO7/c1-39-24-21-34(22-25-40-2)20-8-3-9-23-41-31-12-6-5-11-29(31)17-14-27(10-4-7-13-32(35)36)26-28-15-18-30(19-16-28)33(37)38/h5-6,11-12,14-19,27H,3-4,7-10,13,20-26H2,1-2H3,(H,35,36)(H,37,38). The molecule has 0 bridgehead atoms. The Balaban J connectivity index is 1.92. The Morgan fingerprint density at radius 3 is 2.20 bits per heavy atom. The highest BCUT2D eigenvalue weighted by Crippen LogP contribution is 2.24. The van der Waals surface area contributed by atoms with Crippen LogP contribution >= 0.6 is 0 Å². The van der Waals surface area contributed by atoms with Gasteiger partial charge in [0.05, 0.1) is 25.4 Å². The zero-order valence-electron chi connectivity index (χ0n) is 24.6. The van der Waals surface area contributed by atoms with Crippen molar-refractivity contribution in [1.29, 1.82) is 0 Å². The summed E-state index contributed by atoms with van der Waals surface area (Å²) in [5.41, 5.74) is 2.33. The molecule has 41 heavy (non-hydrogen) atoms. The second-order valence-electron chi connectivity index (χ2n) is 10.2. The van der Waals surface area contributed by atoms with Gasteiger partial charge >= 0.3 is 11.9 Å². The number of unbranched alkanes of at least 4 members (excludes halogenated alkanes) is 3. The van der Waals surface area contributed by atoms with Crippen LogP contribution in [-0.4, -0.2) is 80.7 Å². The van der Waals surface area contributed by atoms with E-state index in [1.165, 1.54) is 0 Å². The van der Waals surface area contributed by atoms with E-state index in [2.05, 4.69) is 17.1 Å². The number of benzene rings is 2. The van der Waals surface area contributed by atoms with E-state index < -0.39 is 11.9 Å². The quantitative estimate of drug-likeness (QED) is 0.156. The van der Waals surface area contributed by atoms with Crippen LogP contribution in [0.3, 0.4) is 0 Å². The molecule has 0 aliphatic rings. The summed E-state index contributed by atoms with van der Waals surface area (Å²) in [6.45, 7) is 4.91. The van der Waals surface area contributed by atoms with Gasteiger partial charge in [0, 0.05) is 39.3 Å². The highest BCUT2D eigenvalue weighted by Gasteiger charge is 2.10. The van der Waals surface area contributed by atoms with Crippen LogP contribution in [0.15, 0.2) is 54.6 Å². The Hall–Kier alpha value is -3.20. The number of para-hydroxylation sites is 1. The Kier molecular flexibility index (Phi) is 17.1. The lowest BCUT2D eigenvalue weighted by molar-refractivity contribution is -0.137. The molecule has 0 aliphatic carbocycles. The minimum Gasteiger partial charge on any atom is -0.493 e. The van der Waals surface area contributed by atoms with E-state index in [0.29, 0.717) is 13.0 Å². The Labute approximate surface area is 244 Å². The summed E-state index contributed by atoms with van der Waals surface area (Å²) >= 11 is 0. The van der Waals surface area contributed by atoms with E-state index in [1.54, 1.807) is 26.4 Å². The second-order valence-corrected chi connectivity index (χ2v) is 10.2. The number of ether oxygens (including phenoxy) is 3. The lowest BCUT2D eigenvalue weighted by atomic mass is 9.92. The Morgan fingerprint density at radius 2 is 1.54 bits per heavy atom. The van der Waals surface area contributed by atoms with Crippen LogP contribution in [-0.2, 0) is 20.7 Å². The molecule has 0 heterocycles. The van der Waals surface area contributed by atoms with Crippen LogP contribution in [0.5, 0.6) is 5.75 Å². The lowest BCUT2D eigenvalue weighted by Crippen LogP contribution is -2.31. The molecule has 1 unspecified atom stereocenters. The van der Waals surface area contributed by atoms with Crippen molar-refractivity contribution in [3.8, 4) is 5.75 Å². The summed E-state index contributed by atoms with van der Waals surface area (Å²) in [4.78, 5) is 24.5. The molecule has 226 valence electrons. The fraction of sp³-hybridized carbons (Fsp3) is 0.515. The van der Waals surface area contributed by atoms with E-state index in [1.807, 2.05) is 36.4 Å². The van der Waals surface area contributed by atoms with Crippen molar-refractivity contribution in [2.24, 2.45) is 5.92 Å². The minimum absolute atomic E-state index is 0.165. The first-order valence-electron chi connectivity index (χ1n) is 14.6. The molecule has 0 saturated carbocycles. The van der Waals surface area contributed by atoms with E-state index >= 15 is 0 Å². The maximum atomic E-state index is 11.2. The minimum atomic E-state index is -0.940. The average molecular weight is 570 g/mol. The number of rotatable bonds is 23. The first-order valence-corrected chi connectivity index (χ1v) is 14.6. The molecule has 0 fully saturated rings. The number of aromatic carboxylic acids is 1. The van der Waals surface area contributed by atoms with Gasteiger partial charge < -0.3 is 24.4 Å². The maximum absolute atomic E-state index is 11.2. The van der Waals surface area contributed by atoms with Crippen molar-refractivity contribution in [3.63, 3.8) is 0 Å². The highest BCUT2D eigenvalue weighted by atomic mass is 16.5. The zero-order valence-corrected chi connectivity index (χ0v) is 24.6. The van der Waals surface area contributed by atoms with Crippen molar-refractivity contribution in [2.75, 3.05) is 53.7 Å². The first kappa shape index (κ1) is 34.0. The van der Waals surface area contributed by atoms with Gasteiger partial charge in [-0.2, -0.15) is 0 Å². The third kappa shape index (κ3) is 14.8. The second kappa shape index (κ2) is 20.6. The van der Waals surface area contributed by atoms with Crippen LogP contribution < -0.4 is 4.74 Å². The number of nitrogens with zero attached hydrogens (tertiary/aromatic N) is 1. The van der Waals surface area contributed by atoms with Crippen molar-refractivity contribution >= 4 is 18.0 Å². The fourth-order valence-corrected chi connectivity index (χ4v) is 4.60. The summed E-state index contributed by atoms with van der Waals surface area (Å²) < 4.78 is 16.6. The molecule has 1 atom stereocenters. The van der Waals surface area contributed by atoms with Crippen molar-refractivity contribution in [2.45, 2.75) is 51.4 Å². The molecular weight excluding hydrogens is 522 g/mol. The van der Waals surface area contributed by atoms with Crippen LogP contribution in [0.4, 0.5) is 0 Å². The van der Waals surface area contributed by atoms with Gasteiger partial charge in [0.15, 0.2) is 0 Å². The number of carboxylic acids is 2. The van der Waals surface area contributed by atoms with Gasteiger partial charge in [-0.05, 0) is 74.8 Å². The van der Waals surface area contributed by atoms with Crippen LogP contribution in [0.2, 0.25) is 0 Å².